The molecule has 0 heterocycles. The van der Waals surface area contributed by atoms with Gasteiger partial charge in [-0.2, -0.15) is 0 Å². The Labute approximate surface area is 178 Å². The van der Waals surface area contributed by atoms with Gasteiger partial charge in [0.25, 0.3) is 5.91 Å². The first-order chi connectivity index (χ1) is 15.0. The van der Waals surface area contributed by atoms with Gasteiger partial charge in [0, 0.05) is 17.3 Å². The van der Waals surface area contributed by atoms with Gasteiger partial charge in [-0.1, -0.05) is 35.5 Å². The summed E-state index contributed by atoms with van der Waals surface area (Å²) in [6.07, 6.45) is 1.41. The Morgan fingerprint density at radius 2 is 1.81 bits per heavy atom. The predicted octanol–water partition coefficient (Wildman–Crippen LogP) is 4.54. The number of rotatable bonds is 9. The number of nitrogens with zero attached hydrogens (tertiary/aromatic N) is 1. The minimum atomic E-state index is -1.05. The summed E-state index contributed by atoms with van der Waals surface area (Å²) in [6.45, 7) is 0.00567. The van der Waals surface area contributed by atoms with Crippen LogP contribution in [0.3, 0.4) is 0 Å². The lowest BCUT2D eigenvalue weighted by Gasteiger charge is -2.11. The van der Waals surface area contributed by atoms with E-state index in [1.165, 1.54) is 19.4 Å². The van der Waals surface area contributed by atoms with Crippen LogP contribution in [0.15, 0.2) is 71.9 Å². The third kappa shape index (κ3) is 6.53. The standard InChI is InChI=1S/C23H20F2N2O4/c1-29-22-11-17(7-10-21(22)30-14-16-5-3-2-4-6-16)13-26-31-15-23(28)27-18-8-9-19(24)20(25)12-18/h2-13H,14-15H2,1H3,(H,27,28)/b26-13+. The van der Waals surface area contributed by atoms with E-state index in [9.17, 15) is 13.6 Å². The van der Waals surface area contributed by atoms with E-state index in [2.05, 4.69) is 10.5 Å². The van der Waals surface area contributed by atoms with Gasteiger partial charge in [-0.15, -0.1) is 0 Å². The van der Waals surface area contributed by atoms with Crippen molar-refractivity contribution in [1.29, 1.82) is 0 Å². The highest BCUT2D eigenvalue weighted by molar-refractivity contribution is 5.91. The van der Waals surface area contributed by atoms with E-state index in [0.717, 1.165) is 17.7 Å². The monoisotopic (exact) mass is 426 g/mol. The number of halogens is 2. The zero-order valence-electron chi connectivity index (χ0n) is 16.7. The number of anilines is 1. The van der Waals surface area contributed by atoms with Crippen LogP contribution in [-0.4, -0.2) is 25.8 Å². The van der Waals surface area contributed by atoms with E-state index < -0.39 is 24.1 Å². The smallest absolute Gasteiger partial charge is 0.265 e. The molecule has 0 aliphatic carbocycles. The molecule has 0 atom stereocenters. The molecule has 31 heavy (non-hydrogen) atoms. The minimum Gasteiger partial charge on any atom is -0.493 e. The van der Waals surface area contributed by atoms with Crippen molar-refractivity contribution in [2.24, 2.45) is 5.16 Å². The van der Waals surface area contributed by atoms with Crippen LogP contribution in [0.4, 0.5) is 14.5 Å². The molecule has 3 aromatic rings. The molecule has 6 nitrogen and oxygen atoms in total. The lowest BCUT2D eigenvalue weighted by atomic mass is 10.2. The number of benzene rings is 3. The molecule has 160 valence electrons. The Balaban J connectivity index is 1.50. The van der Waals surface area contributed by atoms with Gasteiger partial charge >= 0.3 is 0 Å². The second-order valence-corrected chi connectivity index (χ2v) is 6.37. The van der Waals surface area contributed by atoms with Crippen LogP contribution >= 0.6 is 0 Å². The number of ether oxygens (including phenoxy) is 2. The first-order valence-corrected chi connectivity index (χ1v) is 9.30. The molecule has 1 N–H and O–H groups in total. The van der Waals surface area contributed by atoms with E-state index >= 15 is 0 Å². The van der Waals surface area contributed by atoms with E-state index in [-0.39, 0.29) is 5.69 Å². The normalized spacial score (nSPS) is 10.7. The number of carbonyl (C=O) groups is 1. The molecule has 0 radical (unpaired) electrons. The van der Waals surface area contributed by atoms with E-state index in [0.29, 0.717) is 23.7 Å². The second-order valence-electron chi connectivity index (χ2n) is 6.37. The number of carbonyl (C=O) groups excluding carboxylic acids is 1. The number of oxime groups is 1. The van der Waals surface area contributed by atoms with Crippen LogP contribution in [0.25, 0.3) is 0 Å². The molecular weight excluding hydrogens is 406 g/mol. The van der Waals surface area contributed by atoms with Crippen molar-refractivity contribution in [2.75, 3.05) is 19.0 Å². The van der Waals surface area contributed by atoms with E-state index in [4.69, 9.17) is 14.3 Å². The average molecular weight is 426 g/mol. The highest BCUT2D eigenvalue weighted by Crippen LogP contribution is 2.28. The average Bonchev–Trinajstić information content (AvgIpc) is 2.79. The molecule has 3 rings (SSSR count). The summed E-state index contributed by atoms with van der Waals surface area (Å²) >= 11 is 0. The highest BCUT2D eigenvalue weighted by atomic mass is 19.2. The van der Waals surface area contributed by atoms with Crippen molar-refractivity contribution in [3.63, 3.8) is 0 Å². The van der Waals surface area contributed by atoms with Gasteiger partial charge < -0.3 is 19.6 Å². The summed E-state index contributed by atoms with van der Waals surface area (Å²) in [5.74, 6) is -1.51. The maximum absolute atomic E-state index is 13.1. The van der Waals surface area contributed by atoms with Crippen molar-refractivity contribution in [3.8, 4) is 11.5 Å². The molecule has 0 aliphatic heterocycles. The number of methoxy groups -OCH3 is 1. The molecule has 1 amide bonds. The highest BCUT2D eigenvalue weighted by Gasteiger charge is 2.08. The van der Waals surface area contributed by atoms with Gasteiger partial charge in [0.15, 0.2) is 29.7 Å². The Kier molecular flexibility index (Phi) is 7.53. The molecule has 0 saturated carbocycles. The first-order valence-electron chi connectivity index (χ1n) is 9.30. The topological polar surface area (TPSA) is 69.2 Å². The van der Waals surface area contributed by atoms with Crippen molar-refractivity contribution >= 4 is 17.8 Å². The van der Waals surface area contributed by atoms with Crippen molar-refractivity contribution in [2.45, 2.75) is 6.61 Å². The molecule has 0 saturated heterocycles. The van der Waals surface area contributed by atoms with Crippen LogP contribution in [0, 0.1) is 11.6 Å². The molecule has 0 aromatic heterocycles. The maximum Gasteiger partial charge on any atom is 0.265 e. The van der Waals surface area contributed by atoms with Crippen LogP contribution in [0.1, 0.15) is 11.1 Å². The molecule has 0 unspecified atom stereocenters. The van der Waals surface area contributed by atoms with Gasteiger partial charge in [-0.05, 0) is 35.9 Å². The van der Waals surface area contributed by atoms with Crippen LogP contribution in [-0.2, 0) is 16.2 Å². The predicted molar refractivity (Wildman–Crippen MR) is 112 cm³/mol. The zero-order chi connectivity index (χ0) is 22.1. The Bertz CT molecular complexity index is 1060. The van der Waals surface area contributed by atoms with Crippen molar-refractivity contribution < 1.29 is 27.9 Å². The third-order valence-corrected chi connectivity index (χ3v) is 4.10. The van der Waals surface area contributed by atoms with E-state index in [1.54, 1.807) is 18.2 Å². The summed E-state index contributed by atoms with van der Waals surface area (Å²) < 4.78 is 37.2. The summed E-state index contributed by atoms with van der Waals surface area (Å²) in [6, 6.07) is 18.0. The number of amides is 1. The van der Waals surface area contributed by atoms with E-state index in [1.807, 2.05) is 30.3 Å². The van der Waals surface area contributed by atoms with Gasteiger partial charge in [-0.25, -0.2) is 8.78 Å². The lowest BCUT2D eigenvalue weighted by molar-refractivity contribution is -0.120. The summed E-state index contributed by atoms with van der Waals surface area (Å²) in [7, 11) is 1.53. The lowest BCUT2D eigenvalue weighted by Crippen LogP contribution is -2.17. The molecule has 0 fully saturated rings. The molecule has 0 spiro atoms. The van der Waals surface area contributed by atoms with Crippen molar-refractivity contribution in [3.05, 3.63) is 89.5 Å². The second kappa shape index (κ2) is 10.7. The SMILES string of the molecule is COc1cc(/C=N/OCC(=O)Nc2ccc(F)c(F)c2)ccc1OCc1ccccc1. The Morgan fingerprint density at radius 1 is 1.00 bits per heavy atom. The number of nitrogens with one attached hydrogen (secondary N) is 1. The van der Waals surface area contributed by atoms with Crippen LogP contribution < -0.4 is 14.8 Å². The maximum atomic E-state index is 13.1. The molecule has 3 aromatic carbocycles. The number of hydrogen-bond donors (Lipinski definition) is 1. The largest absolute Gasteiger partial charge is 0.493 e. The molecular formula is C23H20F2N2O4. The molecule has 8 heteroatoms. The van der Waals surface area contributed by atoms with Crippen molar-refractivity contribution in [1.82, 2.24) is 0 Å². The summed E-state index contributed by atoms with van der Waals surface area (Å²) in [5.41, 5.74) is 1.82. The van der Waals surface area contributed by atoms with Crippen LogP contribution in [0.2, 0.25) is 0 Å². The minimum absolute atomic E-state index is 0.118. The fraction of sp³-hybridized carbons (Fsp3) is 0.130. The van der Waals surface area contributed by atoms with Gasteiger partial charge in [-0.3, -0.25) is 4.79 Å². The Morgan fingerprint density at radius 3 is 2.55 bits per heavy atom. The zero-order valence-corrected chi connectivity index (χ0v) is 16.7. The third-order valence-electron chi connectivity index (χ3n) is 4.10. The van der Waals surface area contributed by atoms with Gasteiger partial charge in [0.1, 0.15) is 6.61 Å². The first kappa shape index (κ1) is 21.8. The van der Waals surface area contributed by atoms with Gasteiger partial charge in [0.05, 0.1) is 13.3 Å². The molecule has 0 bridgehead atoms. The quantitative estimate of drug-likeness (QED) is 0.403. The number of hydrogen-bond acceptors (Lipinski definition) is 5. The summed E-state index contributed by atoms with van der Waals surface area (Å²) in [5, 5.41) is 6.12. The summed E-state index contributed by atoms with van der Waals surface area (Å²) in [4.78, 5) is 16.7. The fourth-order valence-corrected chi connectivity index (χ4v) is 2.58. The fourth-order valence-electron chi connectivity index (χ4n) is 2.58. The van der Waals surface area contributed by atoms with Gasteiger partial charge in [0.2, 0.25) is 0 Å². The molecule has 0 aliphatic rings. The Hall–Kier alpha value is -3.94. The van der Waals surface area contributed by atoms with Crippen LogP contribution in [0.5, 0.6) is 11.5 Å².